The van der Waals surface area contributed by atoms with Crippen LogP contribution < -0.4 is 20.1 Å². The predicted molar refractivity (Wildman–Crippen MR) is 103 cm³/mol. The van der Waals surface area contributed by atoms with Gasteiger partial charge in [0.15, 0.2) is 0 Å². The van der Waals surface area contributed by atoms with E-state index in [-0.39, 0.29) is 17.4 Å². The largest absolute Gasteiger partial charge is 0.497 e. The molecule has 0 radical (unpaired) electrons. The number of ether oxygens (including phenoxy) is 2. The number of aromatic nitrogens is 2. The highest BCUT2D eigenvalue weighted by Gasteiger charge is 2.08. The summed E-state index contributed by atoms with van der Waals surface area (Å²) in [6.07, 6.45) is 1.29. The van der Waals surface area contributed by atoms with Crippen molar-refractivity contribution in [2.75, 3.05) is 25.6 Å². The molecule has 7 nitrogen and oxygen atoms in total. The summed E-state index contributed by atoms with van der Waals surface area (Å²) in [4.78, 5) is 20.3. The molecule has 0 fully saturated rings. The fourth-order valence-electron chi connectivity index (χ4n) is 2.33. The maximum absolute atomic E-state index is 13.0. The molecule has 144 valence electrons. The second-order valence-electron chi connectivity index (χ2n) is 5.70. The highest BCUT2D eigenvalue weighted by molar-refractivity contribution is 5.92. The van der Waals surface area contributed by atoms with Crippen molar-refractivity contribution in [1.29, 1.82) is 0 Å². The normalized spacial score (nSPS) is 10.2. The van der Waals surface area contributed by atoms with Crippen LogP contribution in [0.2, 0.25) is 0 Å². The van der Waals surface area contributed by atoms with Gasteiger partial charge in [0.25, 0.3) is 5.91 Å². The monoisotopic (exact) mass is 382 g/mol. The van der Waals surface area contributed by atoms with E-state index in [0.29, 0.717) is 30.4 Å². The Morgan fingerprint density at radius 2 is 1.75 bits per heavy atom. The number of hydrogen-bond acceptors (Lipinski definition) is 6. The second-order valence-corrected chi connectivity index (χ2v) is 5.70. The molecule has 0 saturated heterocycles. The van der Waals surface area contributed by atoms with Gasteiger partial charge in [-0.05, 0) is 48.5 Å². The first-order valence-electron chi connectivity index (χ1n) is 8.54. The lowest BCUT2D eigenvalue weighted by Crippen LogP contribution is -2.28. The van der Waals surface area contributed by atoms with Crippen molar-refractivity contribution in [2.45, 2.75) is 0 Å². The van der Waals surface area contributed by atoms with Crippen LogP contribution in [0.25, 0.3) is 0 Å². The predicted octanol–water partition coefficient (Wildman–Crippen LogP) is 3.18. The summed E-state index contributed by atoms with van der Waals surface area (Å²) >= 11 is 0. The molecule has 28 heavy (non-hydrogen) atoms. The van der Waals surface area contributed by atoms with Crippen molar-refractivity contribution < 1.29 is 18.7 Å². The first-order valence-corrected chi connectivity index (χ1v) is 8.54. The first-order chi connectivity index (χ1) is 13.6. The van der Waals surface area contributed by atoms with Crippen molar-refractivity contribution in [3.05, 3.63) is 72.4 Å². The molecule has 1 heterocycles. The Morgan fingerprint density at radius 1 is 1.04 bits per heavy atom. The summed E-state index contributed by atoms with van der Waals surface area (Å²) in [6, 6.07) is 14.5. The van der Waals surface area contributed by atoms with Crippen LogP contribution in [0.5, 0.6) is 11.5 Å². The zero-order valence-electron chi connectivity index (χ0n) is 15.2. The number of anilines is 2. The SMILES string of the molecule is COc1ccc(OCCNC(=O)c2cc(Nc3ccc(F)cc3)ncn2)cc1. The molecule has 3 rings (SSSR count). The Labute approximate surface area is 161 Å². The Kier molecular flexibility index (Phi) is 6.35. The molecule has 0 aliphatic rings. The van der Waals surface area contributed by atoms with Gasteiger partial charge in [-0.3, -0.25) is 4.79 Å². The average molecular weight is 382 g/mol. The smallest absolute Gasteiger partial charge is 0.270 e. The van der Waals surface area contributed by atoms with Gasteiger partial charge in [0, 0.05) is 11.8 Å². The van der Waals surface area contributed by atoms with E-state index < -0.39 is 0 Å². The van der Waals surface area contributed by atoms with Gasteiger partial charge in [-0.25, -0.2) is 14.4 Å². The number of carbonyl (C=O) groups is 1. The molecule has 3 aromatic rings. The lowest BCUT2D eigenvalue weighted by Gasteiger charge is -2.09. The topological polar surface area (TPSA) is 85.4 Å². The van der Waals surface area contributed by atoms with E-state index in [0.717, 1.165) is 5.75 Å². The maximum Gasteiger partial charge on any atom is 0.270 e. The quantitative estimate of drug-likeness (QED) is 0.582. The summed E-state index contributed by atoms with van der Waals surface area (Å²) in [5.74, 6) is 1.19. The zero-order chi connectivity index (χ0) is 19.8. The lowest BCUT2D eigenvalue weighted by molar-refractivity contribution is 0.0942. The van der Waals surface area contributed by atoms with E-state index in [1.165, 1.54) is 24.5 Å². The Balaban J connectivity index is 1.49. The number of nitrogens with one attached hydrogen (secondary N) is 2. The molecule has 0 spiro atoms. The van der Waals surface area contributed by atoms with Gasteiger partial charge < -0.3 is 20.1 Å². The minimum atomic E-state index is -0.345. The second kappa shape index (κ2) is 9.31. The molecule has 0 aliphatic carbocycles. The third kappa shape index (κ3) is 5.41. The molecule has 0 atom stereocenters. The fourth-order valence-corrected chi connectivity index (χ4v) is 2.33. The van der Waals surface area contributed by atoms with E-state index in [4.69, 9.17) is 9.47 Å². The number of halogens is 1. The van der Waals surface area contributed by atoms with Crippen LogP contribution in [0.1, 0.15) is 10.5 Å². The lowest BCUT2D eigenvalue weighted by atomic mass is 10.3. The van der Waals surface area contributed by atoms with Crippen molar-refractivity contribution in [2.24, 2.45) is 0 Å². The summed E-state index contributed by atoms with van der Waals surface area (Å²) in [5.41, 5.74) is 0.864. The van der Waals surface area contributed by atoms with E-state index in [1.807, 2.05) is 0 Å². The van der Waals surface area contributed by atoms with E-state index in [1.54, 1.807) is 43.5 Å². The summed E-state index contributed by atoms with van der Waals surface area (Å²) < 4.78 is 23.6. The standard InChI is InChI=1S/C20H19FN4O3/c1-27-16-6-8-17(9-7-16)28-11-10-22-20(26)18-12-19(24-13-23-18)25-15-4-2-14(21)3-5-15/h2-9,12-13H,10-11H2,1H3,(H,22,26)(H,23,24,25). The van der Waals surface area contributed by atoms with Gasteiger partial charge in [-0.2, -0.15) is 0 Å². The third-order valence-electron chi connectivity index (χ3n) is 3.73. The minimum Gasteiger partial charge on any atom is -0.497 e. The molecule has 0 bridgehead atoms. The average Bonchev–Trinajstić information content (AvgIpc) is 2.73. The van der Waals surface area contributed by atoms with Crippen LogP contribution in [-0.4, -0.2) is 36.1 Å². The Hall–Kier alpha value is -3.68. The molecule has 0 unspecified atom stereocenters. The Bertz CT molecular complexity index is 917. The van der Waals surface area contributed by atoms with Gasteiger partial charge in [0.1, 0.15) is 41.8 Å². The zero-order valence-corrected chi connectivity index (χ0v) is 15.2. The summed E-state index contributed by atoms with van der Waals surface area (Å²) in [6.45, 7) is 0.624. The fraction of sp³-hybridized carbons (Fsp3) is 0.150. The number of amides is 1. The molecule has 0 aliphatic heterocycles. The van der Waals surface area contributed by atoms with Gasteiger partial charge in [0.2, 0.25) is 0 Å². The minimum absolute atomic E-state index is 0.212. The summed E-state index contributed by atoms with van der Waals surface area (Å²) in [7, 11) is 1.60. The van der Waals surface area contributed by atoms with Gasteiger partial charge in [0.05, 0.1) is 13.7 Å². The number of benzene rings is 2. The summed E-state index contributed by atoms with van der Waals surface area (Å²) in [5, 5.41) is 5.73. The Morgan fingerprint density at radius 3 is 2.46 bits per heavy atom. The third-order valence-corrected chi connectivity index (χ3v) is 3.73. The van der Waals surface area contributed by atoms with E-state index in [9.17, 15) is 9.18 Å². The van der Waals surface area contributed by atoms with Crippen molar-refractivity contribution in [1.82, 2.24) is 15.3 Å². The van der Waals surface area contributed by atoms with Gasteiger partial charge in [-0.1, -0.05) is 0 Å². The van der Waals surface area contributed by atoms with Crippen LogP contribution in [0.3, 0.4) is 0 Å². The van der Waals surface area contributed by atoms with E-state index in [2.05, 4.69) is 20.6 Å². The van der Waals surface area contributed by atoms with Crippen LogP contribution in [-0.2, 0) is 0 Å². The molecule has 2 N–H and O–H groups in total. The molecule has 1 amide bonds. The maximum atomic E-state index is 13.0. The number of methoxy groups -OCH3 is 1. The number of hydrogen-bond donors (Lipinski definition) is 2. The molecule has 1 aromatic heterocycles. The molecule has 8 heteroatoms. The number of rotatable bonds is 8. The van der Waals surface area contributed by atoms with Crippen molar-refractivity contribution in [3.8, 4) is 11.5 Å². The van der Waals surface area contributed by atoms with Crippen LogP contribution >= 0.6 is 0 Å². The molecular formula is C20H19FN4O3. The van der Waals surface area contributed by atoms with Crippen LogP contribution in [0.4, 0.5) is 15.9 Å². The van der Waals surface area contributed by atoms with Crippen LogP contribution in [0.15, 0.2) is 60.9 Å². The molecular weight excluding hydrogens is 363 g/mol. The van der Waals surface area contributed by atoms with E-state index >= 15 is 0 Å². The van der Waals surface area contributed by atoms with Crippen molar-refractivity contribution in [3.63, 3.8) is 0 Å². The highest BCUT2D eigenvalue weighted by atomic mass is 19.1. The highest BCUT2D eigenvalue weighted by Crippen LogP contribution is 2.17. The number of carbonyl (C=O) groups excluding carboxylic acids is 1. The van der Waals surface area contributed by atoms with Gasteiger partial charge in [-0.15, -0.1) is 0 Å². The molecule has 0 saturated carbocycles. The number of nitrogens with zero attached hydrogens (tertiary/aromatic N) is 2. The molecule has 2 aromatic carbocycles. The van der Waals surface area contributed by atoms with Crippen molar-refractivity contribution >= 4 is 17.4 Å². The van der Waals surface area contributed by atoms with Crippen LogP contribution in [0, 0.1) is 5.82 Å². The van der Waals surface area contributed by atoms with Gasteiger partial charge >= 0.3 is 0 Å². The first kappa shape index (κ1) is 19.1.